The highest BCUT2D eigenvalue weighted by Crippen LogP contribution is 2.62. The Morgan fingerprint density at radius 3 is 1.62 bits per heavy atom. The molecular weight excluding hydrogens is 448 g/mol. The Morgan fingerprint density at radius 1 is 0.486 bits per heavy atom. The van der Waals surface area contributed by atoms with E-state index in [4.69, 9.17) is 0 Å². The van der Waals surface area contributed by atoms with E-state index < -0.39 is 0 Å². The molecule has 1 spiro atoms. The van der Waals surface area contributed by atoms with Crippen LogP contribution in [0.3, 0.4) is 0 Å². The highest BCUT2D eigenvalue weighted by Gasteiger charge is 2.51. The highest BCUT2D eigenvalue weighted by atomic mass is 15.1. The molecule has 0 aliphatic heterocycles. The molecule has 5 aromatic rings. The van der Waals surface area contributed by atoms with E-state index in [1.165, 1.54) is 61.4 Å². The predicted molar refractivity (Wildman–Crippen MR) is 156 cm³/mol. The van der Waals surface area contributed by atoms with Crippen molar-refractivity contribution in [1.82, 2.24) is 0 Å². The van der Waals surface area contributed by atoms with Crippen molar-refractivity contribution in [3.63, 3.8) is 0 Å². The van der Waals surface area contributed by atoms with Gasteiger partial charge >= 0.3 is 0 Å². The molecule has 0 saturated heterocycles. The van der Waals surface area contributed by atoms with Gasteiger partial charge in [-0.2, -0.15) is 0 Å². The molecule has 2 aliphatic rings. The highest BCUT2D eigenvalue weighted by molar-refractivity contribution is 5.95. The van der Waals surface area contributed by atoms with Crippen molar-refractivity contribution in [2.24, 2.45) is 0 Å². The molecule has 5 aromatic carbocycles. The first-order valence-electron chi connectivity index (χ1n) is 13.0. The van der Waals surface area contributed by atoms with Crippen molar-refractivity contribution >= 4 is 11.4 Å². The second-order valence-electron chi connectivity index (χ2n) is 10.5. The topological polar surface area (TPSA) is 6.48 Å². The molecule has 0 heterocycles. The monoisotopic (exact) mass is 478 g/mol. The number of rotatable bonds is 4. The molecule has 2 aliphatic carbocycles. The third-order valence-corrected chi connectivity index (χ3v) is 8.27. The fraction of sp³-hybridized carbons (Fsp3) is 0.143. The summed E-state index contributed by atoms with van der Waals surface area (Å²) in [4.78, 5) is 4.52. The summed E-state index contributed by atoms with van der Waals surface area (Å²) >= 11 is 0. The van der Waals surface area contributed by atoms with Gasteiger partial charge in [0.2, 0.25) is 0 Å². The number of anilines is 2. The van der Waals surface area contributed by atoms with Crippen LogP contribution in [0.1, 0.15) is 27.8 Å². The van der Waals surface area contributed by atoms with Crippen molar-refractivity contribution in [2.75, 3.05) is 30.9 Å². The Kier molecular flexibility index (Phi) is 4.81. The minimum absolute atomic E-state index is 0.268. The van der Waals surface area contributed by atoms with E-state index in [9.17, 15) is 0 Å². The molecule has 0 fully saturated rings. The molecule has 0 aromatic heterocycles. The van der Waals surface area contributed by atoms with Crippen LogP contribution in [0, 0.1) is 0 Å². The first-order chi connectivity index (χ1) is 18.1. The van der Waals surface area contributed by atoms with Crippen molar-refractivity contribution in [3.05, 3.63) is 143 Å². The molecule has 0 atom stereocenters. The van der Waals surface area contributed by atoms with Gasteiger partial charge in [-0.3, -0.25) is 0 Å². The SMILES string of the molecule is CN(C)c1cccc(CN(C)c2ccc3c(c2)-c2ccccc2C32c3ccccc3-c3ccccc32)c1. The average Bonchev–Trinajstić information content (AvgIpc) is 3.40. The van der Waals surface area contributed by atoms with Gasteiger partial charge in [-0.05, 0) is 74.3 Å². The standard InChI is InChI=1S/C35H30N2/c1-36(2)25-12-10-11-24(21-25)23-37(3)26-19-20-34-30(22-26)29-15-6-9-18-33(29)35(34)31-16-7-4-13-27(31)28-14-5-8-17-32(28)35/h4-22H,23H2,1-3H3. The minimum Gasteiger partial charge on any atom is -0.378 e. The molecular formula is C35H30N2. The van der Waals surface area contributed by atoms with E-state index >= 15 is 0 Å². The first-order valence-corrected chi connectivity index (χ1v) is 13.0. The molecule has 180 valence electrons. The molecule has 2 nitrogen and oxygen atoms in total. The fourth-order valence-corrected chi connectivity index (χ4v) is 6.62. The zero-order valence-electron chi connectivity index (χ0n) is 21.6. The Labute approximate surface area is 219 Å². The number of nitrogens with zero attached hydrogens (tertiary/aromatic N) is 2. The number of hydrogen-bond acceptors (Lipinski definition) is 2. The van der Waals surface area contributed by atoms with Crippen molar-refractivity contribution in [1.29, 1.82) is 0 Å². The van der Waals surface area contributed by atoms with Gasteiger partial charge in [0.1, 0.15) is 0 Å². The van der Waals surface area contributed by atoms with E-state index in [-0.39, 0.29) is 5.41 Å². The van der Waals surface area contributed by atoms with E-state index in [2.05, 4.69) is 146 Å². The van der Waals surface area contributed by atoms with Crippen LogP contribution < -0.4 is 9.80 Å². The number of fused-ring (bicyclic) bond motifs is 10. The Morgan fingerprint density at radius 2 is 1.03 bits per heavy atom. The summed E-state index contributed by atoms with van der Waals surface area (Å²) in [5, 5.41) is 0. The quantitative estimate of drug-likeness (QED) is 0.255. The van der Waals surface area contributed by atoms with Gasteiger partial charge < -0.3 is 9.80 Å². The fourth-order valence-electron chi connectivity index (χ4n) is 6.62. The van der Waals surface area contributed by atoms with E-state index in [0.29, 0.717) is 0 Å². The van der Waals surface area contributed by atoms with Crippen LogP contribution in [0.2, 0.25) is 0 Å². The van der Waals surface area contributed by atoms with E-state index in [0.717, 1.165) is 6.54 Å². The molecule has 0 bridgehead atoms. The molecule has 0 amide bonds. The summed E-state index contributed by atoms with van der Waals surface area (Å²) in [5.74, 6) is 0. The smallest absolute Gasteiger partial charge is 0.0725 e. The van der Waals surface area contributed by atoms with Crippen LogP contribution in [-0.2, 0) is 12.0 Å². The van der Waals surface area contributed by atoms with Gasteiger partial charge in [-0.1, -0.05) is 91.0 Å². The van der Waals surface area contributed by atoms with Gasteiger partial charge in [0.15, 0.2) is 0 Å². The van der Waals surface area contributed by atoms with Crippen LogP contribution >= 0.6 is 0 Å². The Balaban J connectivity index is 1.39. The summed E-state index contributed by atoms with van der Waals surface area (Å²) in [7, 11) is 6.38. The predicted octanol–water partition coefficient (Wildman–Crippen LogP) is 7.73. The first kappa shape index (κ1) is 21.9. The average molecular weight is 479 g/mol. The van der Waals surface area contributed by atoms with Gasteiger partial charge in [-0.25, -0.2) is 0 Å². The lowest BCUT2D eigenvalue weighted by molar-refractivity contribution is 0.793. The Bertz CT molecular complexity index is 1620. The molecule has 7 rings (SSSR count). The number of hydrogen-bond donors (Lipinski definition) is 0. The van der Waals surface area contributed by atoms with Crippen LogP contribution in [0.5, 0.6) is 0 Å². The maximum Gasteiger partial charge on any atom is 0.0725 e. The molecule has 37 heavy (non-hydrogen) atoms. The van der Waals surface area contributed by atoms with Crippen molar-refractivity contribution in [3.8, 4) is 22.3 Å². The van der Waals surface area contributed by atoms with Gasteiger partial charge in [0.25, 0.3) is 0 Å². The van der Waals surface area contributed by atoms with E-state index in [1.54, 1.807) is 0 Å². The van der Waals surface area contributed by atoms with Gasteiger partial charge in [0.05, 0.1) is 5.41 Å². The van der Waals surface area contributed by atoms with E-state index in [1.807, 2.05) is 0 Å². The lowest BCUT2D eigenvalue weighted by Crippen LogP contribution is -2.26. The van der Waals surface area contributed by atoms with Crippen LogP contribution in [0.25, 0.3) is 22.3 Å². The lowest BCUT2D eigenvalue weighted by Gasteiger charge is -2.30. The second kappa shape index (κ2) is 8.11. The third-order valence-electron chi connectivity index (χ3n) is 8.27. The van der Waals surface area contributed by atoms with Gasteiger partial charge in [0, 0.05) is 39.1 Å². The zero-order valence-corrected chi connectivity index (χ0v) is 21.6. The molecule has 0 radical (unpaired) electrons. The lowest BCUT2D eigenvalue weighted by atomic mass is 9.70. The summed E-state index contributed by atoms with van der Waals surface area (Å²) in [6.07, 6.45) is 0. The summed E-state index contributed by atoms with van der Waals surface area (Å²) in [5.41, 5.74) is 14.5. The summed E-state index contributed by atoms with van der Waals surface area (Å²) < 4.78 is 0. The molecule has 0 unspecified atom stereocenters. The molecule has 2 heteroatoms. The van der Waals surface area contributed by atoms with Crippen LogP contribution in [0.4, 0.5) is 11.4 Å². The second-order valence-corrected chi connectivity index (χ2v) is 10.5. The maximum absolute atomic E-state index is 2.41. The Hall–Kier alpha value is -4.30. The summed E-state index contributed by atoms with van der Waals surface area (Å²) in [6, 6.07) is 42.9. The molecule has 0 saturated carbocycles. The number of benzene rings is 5. The third kappa shape index (κ3) is 3.05. The summed E-state index contributed by atoms with van der Waals surface area (Å²) in [6.45, 7) is 0.860. The normalized spacial score (nSPS) is 13.6. The minimum atomic E-state index is -0.268. The maximum atomic E-state index is 2.41. The van der Waals surface area contributed by atoms with Crippen LogP contribution in [0.15, 0.2) is 115 Å². The van der Waals surface area contributed by atoms with Crippen molar-refractivity contribution < 1.29 is 0 Å². The van der Waals surface area contributed by atoms with Gasteiger partial charge in [-0.15, -0.1) is 0 Å². The molecule has 0 N–H and O–H groups in total. The zero-order chi connectivity index (χ0) is 25.1. The van der Waals surface area contributed by atoms with Crippen molar-refractivity contribution in [2.45, 2.75) is 12.0 Å². The van der Waals surface area contributed by atoms with Crippen LogP contribution in [-0.4, -0.2) is 21.1 Å². The largest absolute Gasteiger partial charge is 0.378 e.